The molecule has 0 fully saturated rings. The summed E-state index contributed by atoms with van der Waals surface area (Å²) in [5, 5.41) is 2.62. The molecule has 104 valence electrons. The molecule has 1 rings (SSSR count). The van der Waals surface area contributed by atoms with Gasteiger partial charge < -0.3 is 15.8 Å². The Hall–Kier alpha value is -2.11. The van der Waals surface area contributed by atoms with Crippen LogP contribution in [0, 0.1) is 5.82 Å². The van der Waals surface area contributed by atoms with Crippen molar-refractivity contribution in [1.29, 1.82) is 0 Å². The minimum absolute atomic E-state index is 0.0462. The number of nitrogens with one attached hydrogen (secondary N) is 1. The number of nitrogen functional groups attached to an aromatic ring is 1. The summed E-state index contributed by atoms with van der Waals surface area (Å²) in [6.07, 6.45) is -0.929. The van der Waals surface area contributed by atoms with Crippen molar-refractivity contribution < 1.29 is 18.7 Å². The van der Waals surface area contributed by atoms with Crippen molar-refractivity contribution in [3.63, 3.8) is 0 Å². The van der Waals surface area contributed by atoms with Crippen LogP contribution in [0.2, 0.25) is 0 Å². The van der Waals surface area contributed by atoms with E-state index in [1.54, 1.807) is 13.8 Å². The third-order valence-electron chi connectivity index (χ3n) is 2.32. The van der Waals surface area contributed by atoms with Gasteiger partial charge in [-0.15, -0.1) is 0 Å². The Bertz CT molecular complexity index is 489. The van der Waals surface area contributed by atoms with Crippen molar-refractivity contribution in [2.75, 3.05) is 5.73 Å². The van der Waals surface area contributed by atoms with Gasteiger partial charge in [0.05, 0.1) is 11.3 Å². The summed E-state index contributed by atoms with van der Waals surface area (Å²) < 4.78 is 17.9. The number of carbonyl (C=O) groups is 2. The highest BCUT2D eigenvalue weighted by molar-refractivity contribution is 5.93. The molecule has 0 aliphatic rings. The minimum atomic E-state index is -0.929. The summed E-state index contributed by atoms with van der Waals surface area (Å²) in [7, 11) is 0. The summed E-state index contributed by atoms with van der Waals surface area (Å²) in [6, 6.07) is 3.45. The Kier molecular flexibility index (Phi) is 4.86. The molecule has 6 heteroatoms. The van der Waals surface area contributed by atoms with E-state index in [2.05, 4.69) is 5.32 Å². The molecule has 3 N–H and O–H groups in total. The maximum Gasteiger partial charge on any atom is 0.338 e. The first-order valence-electron chi connectivity index (χ1n) is 5.87. The lowest BCUT2D eigenvalue weighted by Crippen LogP contribution is -2.39. The van der Waals surface area contributed by atoms with Gasteiger partial charge in [0, 0.05) is 6.04 Å². The Morgan fingerprint density at radius 2 is 1.95 bits per heavy atom. The lowest BCUT2D eigenvalue weighted by atomic mass is 10.2. The zero-order chi connectivity index (χ0) is 14.6. The standard InChI is InChI=1S/C13H17FN2O3/c1-7(2)16-12(17)8(3)19-13(18)9-4-5-10(14)11(15)6-9/h4-8H,15H2,1-3H3,(H,16,17). The van der Waals surface area contributed by atoms with E-state index in [9.17, 15) is 14.0 Å². The number of nitrogens with two attached hydrogens (primary N) is 1. The maximum atomic E-state index is 13.0. The average Bonchev–Trinajstić information content (AvgIpc) is 2.31. The molecule has 0 aliphatic heterocycles. The molecule has 0 aliphatic carbocycles. The number of hydrogen-bond donors (Lipinski definition) is 2. The van der Waals surface area contributed by atoms with Crippen LogP contribution in [0.4, 0.5) is 10.1 Å². The molecule has 1 amide bonds. The van der Waals surface area contributed by atoms with E-state index in [1.807, 2.05) is 0 Å². The fourth-order valence-electron chi connectivity index (χ4n) is 1.35. The minimum Gasteiger partial charge on any atom is -0.449 e. The molecule has 0 radical (unpaired) electrons. The van der Waals surface area contributed by atoms with Gasteiger partial charge >= 0.3 is 5.97 Å². The van der Waals surface area contributed by atoms with E-state index in [0.717, 1.165) is 6.07 Å². The molecule has 0 saturated carbocycles. The van der Waals surface area contributed by atoms with Crippen molar-refractivity contribution in [3.8, 4) is 0 Å². The van der Waals surface area contributed by atoms with Crippen molar-refractivity contribution in [3.05, 3.63) is 29.6 Å². The maximum absolute atomic E-state index is 13.0. The van der Waals surface area contributed by atoms with Gasteiger partial charge in [0.15, 0.2) is 6.10 Å². The highest BCUT2D eigenvalue weighted by atomic mass is 19.1. The third-order valence-corrected chi connectivity index (χ3v) is 2.32. The Labute approximate surface area is 110 Å². The van der Waals surface area contributed by atoms with E-state index < -0.39 is 23.8 Å². The number of halogens is 1. The van der Waals surface area contributed by atoms with Gasteiger partial charge in [-0.1, -0.05) is 0 Å². The fourth-order valence-corrected chi connectivity index (χ4v) is 1.35. The highest BCUT2D eigenvalue weighted by Crippen LogP contribution is 2.13. The Balaban J connectivity index is 2.68. The van der Waals surface area contributed by atoms with Crippen LogP contribution in [0.5, 0.6) is 0 Å². The van der Waals surface area contributed by atoms with E-state index in [0.29, 0.717) is 0 Å². The van der Waals surface area contributed by atoms with Gasteiger partial charge in [-0.3, -0.25) is 4.79 Å². The monoisotopic (exact) mass is 268 g/mol. The van der Waals surface area contributed by atoms with Gasteiger partial charge in [-0.2, -0.15) is 0 Å². The molecule has 1 unspecified atom stereocenters. The number of esters is 1. The third kappa shape index (κ3) is 4.24. The van der Waals surface area contributed by atoms with Gasteiger partial charge in [-0.25, -0.2) is 9.18 Å². The van der Waals surface area contributed by atoms with Crippen LogP contribution in [-0.4, -0.2) is 24.0 Å². The molecular formula is C13H17FN2O3. The van der Waals surface area contributed by atoms with Crippen LogP contribution in [-0.2, 0) is 9.53 Å². The molecule has 5 nitrogen and oxygen atoms in total. The lowest BCUT2D eigenvalue weighted by molar-refractivity contribution is -0.129. The molecule has 1 aromatic carbocycles. The van der Waals surface area contributed by atoms with Gasteiger partial charge in [-0.05, 0) is 39.0 Å². The number of rotatable bonds is 4. The van der Waals surface area contributed by atoms with Crippen LogP contribution in [0.3, 0.4) is 0 Å². The predicted molar refractivity (Wildman–Crippen MR) is 69.0 cm³/mol. The van der Waals surface area contributed by atoms with Crippen molar-refractivity contribution in [1.82, 2.24) is 5.32 Å². The molecule has 0 aromatic heterocycles. The quantitative estimate of drug-likeness (QED) is 0.640. The average molecular weight is 268 g/mol. The fraction of sp³-hybridized carbons (Fsp3) is 0.385. The molecule has 0 spiro atoms. The highest BCUT2D eigenvalue weighted by Gasteiger charge is 2.19. The Morgan fingerprint density at radius 1 is 1.32 bits per heavy atom. The van der Waals surface area contributed by atoms with Gasteiger partial charge in [0.1, 0.15) is 5.82 Å². The zero-order valence-electron chi connectivity index (χ0n) is 11.1. The SMILES string of the molecule is CC(C)NC(=O)C(C)OC(=O)c1ccc(F)c(N)c1. The van der Waals surface area contributed by atoms with E-state index in [4.69, 9.17) is 10.5 Å². The lowest BCUT2D eigenvalue weighted by Gasteiger charge is -2.15. The van der Waals surface area contributed by atoms with E-state index in [-0.39, 0.29) is 17.3 Å². The first-order valence-corrected chi connectivity index (χ1v) is 5.87. The Morgan fingerprint density at radius 3 is 2.47 bits per heavy atom. The van der Waals surface area contributed by atoms with Crippen LogP contribution >= 0.6 is 0 Å². The number of benzene rings is 1. The summed E-state index contributed by atoms with van der Waals surface area (Å²) in [5.41, 5.74) is 5.31. The molecule has 19 heavy (non-hydrogen) atoms. The molecule has 0 heterocycles. The number of ether oxygens (including phenoxy) is 1. The molecule has 1 atom stereocenters. The zero-order valence-corrected chi connectivity index (χ0v) is 11.1. The summed E-state index contributed by atoms with van der Waals surface area (Å²) in [6.45, 7) is 5.06. The predicted octanol–water partition coefficient (Wildman–Crippen LogP) is 1.48. The normalized spacial score (nSPS) is 12.1. The summed E-state index contributed by atoms with van der Waals surface area (Å²) in [5.74, 6) is -1.72. The number of amides is 1. The largest absolute Gasteiger partial charge is 0.449 e. The van der Waals surface area contributed by atoms with E-state index >= 15 is 0 Å². The number of carbonyl (C=O) groups excluding carboxylic acids is 2. The summed E-state index contributed by atoms with van der Waals surface area (Å²) in [4.78, 5) is 23.3. The smallest absolute Gasteiger partial charge is 0.338 e. The van der Waals surface area contributed by atoms with Gasteiger partial charge in [0.25, 0.3) is 5.91 Å². The molecular weight excluding hydrogens is 251 g/mol. The van der Waals surface area contributed by atoms with Crippen LogP contribution in [0.1, 0.15) is 31.1 Å². The van der Waals surface area contributed by atoms with Crippen LogP contribution < -0.4 is 11.1 Å². The molecule has 0 saturated heterocycles. The number of hydrogen-bond acceptors (Lipinski definition) is 4. The van der Waals surface area contributed by atoms with Crippen LogP contribution in [0.25, 0.3) is 0 Å². The van der Waals surface area contributed by atoms with Gasteiger partial charge in [0.2, 0.25) is 0 Å². The first-order chi connectivity index (χ1) is 8.81. The second-order valence-corrected chi connectivity index (χ2v) is 4.45. The van der Waals surface area contributed by atoms with Crippen molar-refractivity contribution in [2.24, 2.45) is 0 Å². The van der Waals surface area contributed by atoms with Crippen molar-refractivity contribution in [2.45, 2.75) is 32.9 Å². The number of anilines is 1. The first kappa shape index (κ1) is 14.9. The van der Waals surface area contributed by atoms with Crippen molar-refractivity contribution >= 4 is 17.6 Å². The summed E-state index contributed by atoms with van der Waals surface area (Å²) >= 11 is 0. The second-order valence-electron chi connectivity index (χ2n) is 4.45. The molecule has 0 bridgehead atoms. The molecule has 1 aromatic rings. The van der Waals surface area contributed by atoms with Crippen LogP contribution in [0.15, 0.2) is 18.2 Å². The topological polar surface area (TPSA) is 81.4 Å². The second kappa shape index (κ2) is 6.17. The van der Waals surface area contributed by atoms with E-state index in [1.165, 1.54) is 19.1 Å².